The third-order valence-electron chi connectivity index (χ3n) is 8.40. The lowest BCUT2D eigenvalue weighted by Gasteiger charge is -2.43. The average Bonchev–Trinajstić information content (AvgIpc) is 3.10. The molecule has 208 valence electrons. The minimum Gasteiger partial charge on any atom is -1.00 e. The molecule has 5 nitrogen and oxygen atoms in total. The van der Waals surface area contributed by atoms with Gasteiger partial charge in [-0.15, -0.1) is 0 Å². The number of nitrogens with one attached hydrogen (secondary N) is 1. The van der Waals surface area contributed by atoms with E-state index in [2.05, 4.69) is 32.2 Å². The number of hydrogen-bond acceptors (Lipinski definition) is 2. The van der Waals surface area contributed by atoms with Crippen molar-refractivity contribution in [2.75, 3.05) is 36.4 Å². The lowest BCUT2D eigenvalue weighted by Crippen LogP contribution is -3.00. The van der Waals surface area contributed by atoms with Gasteiger partial charge in [-0.25, -0.2) is 0 Å². The lowest BCUT2D eigenvalue weighted by atomic mass is 9.96. The third-order valence-corrected chi connectivity index (χ3v) is 8.63. The molecule has 0 aromatic heterocycles. The van der Waals surface area contributed by atoms with E-state index < -0.39 is 0 Å². The van der Waals surface area contributed by atoms with Gasteiger partial charge in [-0.2, -0.15) is 0 Å². The zero-order valence-electron chi connectivity index (χ0n) is 23.6. The second-order valence-corrected chi connectivity index (χ2v) is 10.7. The fraction of sp³-hybridized carbons (Fsp3) is 0.375. The number of hydrogen-bond donors (Lipinski definition) is 1. The van der Waals surface area contributed by atoms with Crippen LogP contribution in [0.4, 0.5) is 11.4 Å². The van der Waals surface area contributed by atoms with E-state index in [1.165, 1.54) is 0 Å². The summed E-state index contributed by atoms with van der Waals surface area (Å²) in [6.45, 7) is 14.4. The quantitative estimate of drug-likeness (QED) is 0.425. The summed E-state index contributed by atoms with van der Waals surface area (Å²) in [5.41, 5.74) is 5.82. The number of anilines is 2. The molecule has 0 fully saturated rings. The van der Waals surface area contributed by atoms with E-state index in [1.54, 1.807) is 0 Å². The third kappa shape index (κ3) is 6.16. The Morgan fingerprint density at radius 2 is 1.62 bits per heavy atom. The van der Waals surface area contributed by atoms with Gasteiger partial charge in [0.05, 0.1) is 25.3 Å². The summed E-state index contributed by atoms with van der Waals surface area (Å²) in [5.74, 6) is -0.179. The molecule has 1 atom stereocenters. The van der Waals surface area contributed by atoms with Crippen molar-refractivity contribution < 1.29 is 26.5 Å². The molecule has 0 aliphatic carbocycles. The normalized spacial score (nSPS) is 15.1. The Kier molecular flexibility index (Phi) is 10.2. The van der Waals surface area contributed by atoms with E-state index in [1.807, 2.05) is 73.3 Å². The molecular weight excluding hydrogens is 529 g/mol. The van der Waals surface area contributed by atoms with E-state index in [9.17, 15) is 9.59 Å². The molecule has 0 spiro atoms. The Bertz CT molecular complexity index is 1330. The van der Waals surface area contributed by atoms with Crippen LogP contribution in [0.3, 0.4) is 0 Å². The largest absolute Gasteiger partial charge is 1.00 e. The highest BCUT2D eigenvalue weighted by Crippen LogP contribution is 2.42. The van der Waals surface area contributed by atoms with Gasteiger partial charge in [0.1, 0.15) is 6.04 Å². The van der Waals surface area contributed by atoms with Gasteiger partial charge < -0.3 is 27.1 Å². The SMILES string of the molecule is CC[N+](CC)(CC)C1CCCN(C(=O)c2ccc(NC(=O)c3ccccc3C)cc2C)c2ccc(Cl)cc21.[Cl-]. The molecule has 4 rings (SSSR count). The van der Waals surface area contributed by atoms with Gasteiger partial charge in [-0.05, 0) is 94.6 Å². The van der Waals surface area contributed by atoms with Crippen molar-refractivity contribution in [3.63, 3.8) is 0 Å². The second kappa shape index (κ2) is 13.0. The first kappa shape index (κ1) is 30.7. The first-order valence-corrected chi connectivity index (χ1v) is 14.1. The van der Waals surface area contributed by atoms with Crippen molar-refractivity contribution in [2.24, 2.45) is 0 Å². The van der Waals surface area contributed by atoms with Gasteiger partial charge in [0, 0.05) is 40.4 Å². The summed E-state index contributed by atoms with van der Waals surface area (Å²) in [6.07, 6.45) is 1.93. The van der Waals surface area contributed by atoms with Gasteiger partial charge in [0.25, 0.3) is 11.8 Å². The van der Waals surface area contributed by atoms with Gasteiger partial charge >= 0.3 is 0 Å². The Morgan fingerprint density at radius 1 is 0.923 bits per heavy atom. The summed E-state index contributed by atoms with van der Waals surface area (Å²) in [7, 11) is 0. The summed E-state index contributed by atoms with van der Waals surface area (Å²) in [4.78, 5) is 28.7. The number of quaternary nitrogens is 1. The molecule has 3 aromatic rings. The fourth-order valence-electron chi connectivity index (χ4n) is 6.02. The maximum Gasteiger partial charge on any atom is 0.258 e. The topological polar surface area (TPSA) is 49.4 Å². The summed E-state index contributed by atoms with van der Waals surface area (Å²) < 4.78 is 0.976. The molecule has 2 amide bonds. The molecule has 3 aromatic carbocycles. The van der Waals surface area contributed by atoms with Gasteiger partial charge in [-0.3, -0.25) is 9.59 Å². The number of fused-ring (bicyclic) bond motifs is 1. The summed E-state index contributed by atoms with van der Waals surface area (Å²) in [6, 6.07) is 19.3. The molecule has 0 saturated heterocycles. The zero-order chi connectivity index (χ0) is 27.4. The minimum absolute atomic E-state index is 0. The van der Waals surface area contributed by atoms with E-state index in [4.69, 9.17) is 11.6 Å². The zero-order valence-corrected chi connectivity index (χ0v) is 25.1. The standard InChI is InChI=1S/C32H38ClN3O2.ClH/c1-6-36(7-2,8-3)30-14-11-19-35(29-18-15-24(33)21-28(29)30)32(38)27-17-16-25(20-23(27)5)34-31(37)26-13-10-9-12-22(26)4;/h9-10,12-13,15-18,20-21,30H,6-8,11,14,19H2,1-5H3;1H. The smallest absolute Gasteiger partial charge is 0.258 e. The lowest BCUT2D eigenvalue weighted by molar-refractivity contribution is -0.952. The Morgan fingerprint density at radius 3 is 2.26 bits per heavy atom. The highest BCUT2D eigenvalue weighted by molar-refractivity contribution is 6.30. The highest BCUT2D eigenvalue weighted by Gasteiger charge is 2.38. The van der Waals surface area contributed by atoms with Crippen LogP contribution in [-0.2, 0) is 0 Å². The van der Waals surface area contributed by atoms with E-state index in [-0.39, 0.29) is 24.2 Å². The summed E-state index contributed by atoms with van der Waals surface area (Å²) in [5, 5.41) is 3.68. The molecule has 39 heavy (non-hydrogen) atoms. The van der Waals surface area contributed by atoms with Crippen LogP contribution in [0.25, 0.3) is 0 Å². The van der Waals surface area contributed by atoms with Crippen LogP contribution < -0.4 is 22.6 Å². The van der Waals surface area contributed by atoms with Crippen LogP contribution in [0.15, 0.2) is 60.7 Å². The van der Waals surface area contributed by atoms with Crippen molar-refractivity contribution >= 4 is 34.8 Å². The van der Waals surface area contributed by atoms with E-state index >= 15 is 0 Å². The maximum atomic E-state index is 14.0. The Labute approximate surface area is 244 Å². The molecule has 1 heterocycles. The first-order valence-electron chi connectivity index (χ1n) is 13.7. The molecule has 1 aliphatic rings. The van der Waals surface area contributed by atoms with Gasteiger partial charge in [0.2, 0.25) is 0 Å². The molecule has 0 saturated carbocycles. The number of amides is 2. The predicted molar refractivity (Wildman–Crippen MR) is 157 cm³/mol. The Hall–Kier alpha value is -2.86. The predicted octanol–water partition coefficient (Wildman–Crippen LogP) is 4.57. The van der Waals surface area contributed by atoms with Gasteiger partial charge in [-0.1, -0.05) is 29.8 Å². The van der Waals surface area contributed by atoms with Gasteiger partial charge in [0.15, 0.2) is 0 Å². The maximum absolute atomic E-state index is 14.0. The number of carbonyl (C=O) groups excluding carboxylic acids is 2. The van der Waals surface area contributed by atoms with Crippen LogP contribution in [0.2, 0.25) is 5.02 Å². The number of rotatable bonds is 7. The van der Waals surface area contributed by atoms with Crippen molar-refractivity contribution in [1.82, 2.24) is 0 Å². The van der Waals surface area contributed by atoms with E-state index in [0.717, 1.165) is 59.3 Å². The van der Waals surface area contributed by atoms with Crippen LogP contribution in [-0.4, -0.2) is 42.5 Å². The molecule has 0 bridgehead atoms. The summed E-state index contributed by atoms with van der Waals surface area (Å²) >= 11 is 6.51. The Balaban J connectivity index is 0.00000420. The fourth-order valence-corrected chi connectivity index (χ4v) is 6.20. The first-order chi connectivity index (χ1) is 18.2. The van der Waals surface area contributed by atoms with E-state index in [0.29, 0.717) is 34.4 Å². The molecule has 1 aliphatic heterocycles. The highest BCUT2D eigenvalue weighted by atomic mass is 35.5. The minimum atomic E-state index is -0.157. The van der Waals surface area contributed by atoms with Crippen LogP contribution >= 0.6 is 11.6 Å². The molecule has 7 heteroatoms. The van der Waals surface area contributed by atoms with Crippen molar-refractivity contribution in [1.29, 1.82) is 0 Å². The monoisotopic (exact) mass is 567 g/mol. The second-order valence-electron chi connectivity index (χ2n) is 10.3. The number of benzene rings is 3. The molecule has 0 radical (unpaired) electrons. The number of aryl methyl sites for hydroxylation is 2. The van der Waals surface area contributed by atoms with Crippen molar-refractivity contribution in [3.05, 3.63) is 93.5 Å². The molecule has 1 unspecified atom stereocenters. The molecule has 1 N–H and O–H groups in total. The van der Waals surface area contributed by atoms with Crippen LogP contribution in [0, 0.1) is 13.8 Å². The molecular formula is C32H39Cl2N3O2. The van der Waals surface area contributed by atoms with Crippen LogP contribution in [0.5, 0.6) is 0 Å². The number of halogens is 2. The van der Waals surface area contributed by atoms with Crippen LogP contribution in [0.1, 0.15) is 77.1 Å². The number of carbonyl (C=O) groups is 2. The van der Waals surface area contributed by atoms with Crippen molar-refractivity contribution in [2.45, 2.75) is 53.5 Å². The number of nitrogens with zero attached hydrogens (tertiary/aromatic N) is 2. The average molecular weight is 569 g/mol. The van der Waals surface area contributed by atoms with Crippen molar-refractivity contribution in [3.8, 4) is 0 Å².